The van der Waals surface area contributed by atoms with Crippen LogP contribution in [0.25, 0.3) is 0 Å². The van der Waals surface area contributed by atoms with Gasteiger partial charge in [-0.3, -0.25) is 0 Å². The summed E-state index contributed by atoms with van der Waals surface area (Å²) in [5.41, 5.74) is 5.68. The molecule has 0 bridgehead atoms. The number of nitrogens with one attached hydrogen (secondary N) is 1. The van der Waals surface area contributed by atoms with E-state index in [4.69, 9.17) is 4.74 Å². The molecule has 0 radical (unpaired) electrons. The van der Waals surface area contributed by atoms with Crippen LogP contribution in [0.1, 0.15) is 75.0 Å². The topological polar surface area (TPSA) is 64.1 Å². The van der Waals surface area contributed by atoms with Gasteiger partial charge in [0.2, 0.25) is 5.95 Å². The van der Waals surface area contributed by atoms with Gasteiger partial charge >= 0.3 is 5.97 Å². The van der Waals surface area contributed by atoms with Crippen LogP contribution in [0.4, 0.5) is 11.6 Å². The monoisotopic (exact) mass is 367 g/mol. The van der Waals surface area contributed by atoms with Crippen molar-refractivity contribution < 1.29 is 9.53 Å². The molecule has 2 aromatic rings. The van der Waals surface area contributed by atoms with Crippen molar-refractivity contribution in [2.75, 3.05) is 11.9 Å². The highest BCUT2D eigenvalue weighted by atomic mass is 16.5. The van der Waals surface area contributed by atoms with Gasteiger partial charge in [0.1, 0.15) is 0 Å². The van der Waals surface area contributed by atoms with Gasteiger partial charge in [-0.2, -0.15) is 0 Å². The summed E-state index contributed by atoms with van der Waals surface area (Å²) < 4.78 is 4.98. The Labute approximate surface area is 161 Å². The first-order valence-corrected chi connectivity index (χ1v) is 9.56. The normalized spacial score (nSPS) is 15.3. The molecule has 1 heterocycles. The lowest BCUT2D eigenvalue weighted by Crippen LogP contribution is -2.17. The Bertz CT molecular complexity index is 849. The minimum atomic E-state index is -0.401. The van der Waals surface area contributed by atoms with Crippen molar-refractivity contribution in [2.45, 2.75) is 65.2 Å². The Morgan fingerprint density at radius 1 is 1.22 bits per heavy atom. The van der Waals surface area contributed by atoms with E-state index in [1.165, 1.54) is 29.1 Å². The third kappa shape index (κ3) is 3.97. The van der Waals surface area contributed by atoms with Crippen molar-refractivity contribution in [3.8, 4) is 0 Å². The Morgan fingerprint density at radius 3 is 2.48 bits per heavy atom. The molecule has 0 aliphatic heterocycles. The van der Waals surface area contributed by atoms with Crippen LogP contribution in [0, 0.1) is 0 Å². The summed E-state index contributed by atoms with van der Waals surface area (Å²) in [5, 5.41) is 3.38. The fourth-order valence-electron chi connectivity index (χ4n) is 3.49. The van der Waals surface area contributed by atoms with Crippen LogP contribution < -0.4 is 5.32 Å². The molecule has 1 aromatic carbocycles. The number of carbonyl (C=O) groups is 1. The van der Waals surface area contributed by atoms with Crippen LogP contribution in [-0.2, 0) is 22.0 Å². The number of hydrogen-bond acceptors (Lipinski definition) is 5. The SMILES string of the molecule is CCOC(=O)c1cnc(Nc2cc(C(C)(C)C)cc3c2CCC3(C)C)nc1. The Kier molecular flexibility index (Phi) is 4.98. The third-order valence-electron chi connectivity index (χ3n) is 5.25. The quantitative estimate of drug-likeness (QED) is 0.777. The Hall–Kier alpha value is -2.43. The van der Waals surface area contributed by atoms with Gasteiger partial charge in [-0.25, -0.2) is 14.8 Å². The van der Waals surface area contributed by atoms with E-state index in [9.17, 15) is 4.79 Å². The smallest absolute Gasteiger partial charge is 0.341 e. The first-order valence-electron chi connectivity index (χ1n) is 9.56. The van der Waals surface area contributed by atoms with E-state index in [1.807, 2.05) is 0 Å². The first kappa shape index (κ1) is 19.3. The van der Waals surface area contributed by atoms with Gasteiger partial charge < -0.3 is 10.1 Å². The van der Waals surface area contributed by atoms with Crippen molar-refractivity contribution in [3.05, 3.63) is 46.8 Å². The van der Waals surface area contributed by atoms with Crippen LogP contribution in [0.2, 0.25) is 0 Å². The summed E-state index contributed by atoms with van der Waals surface area (Å²) in [6, 6.07) is 4.57. The number of nitrogens with zero attached hydrogens (tertiary/aromatic N) is 2. The molecule has 5 nitrogen and oxygen atoms in total. The average Bonchev–Trinajstić information content (AvgIpc) is 2.90. The van der Waals surface area contributed by atoms with E-state index in [0.717, 1.165) is 18.5 Å². The van der Waals surface area contributed by atoms with Crippen molar-refractivity contribution in [3.63, 3.8) is 0 Å². The molecular formula is C22H29N3O2. The lowest BCUT2D eigenvalue weighted by Gasteiger charge is -2.26. The number of ether oxygens (including phenoxy) is 1. The number of rotatable bonds is 4. The molecule has 1 aliphatic rings. The minimum Gasteiger partial charge on any atom is -0.462 e. The molecule has 0 saturated carbocycles. The second kappa shape index (κ2) is 6.95. The van der Waals surface area contributed by atoms with E-state index in [-0.39, 0.29) is 10.8 Å². The molecule has 0 amide bonds. The van der Waals surface area contributed by atoms with Gasteiger partial charge in [0, 0.05) is 18.1 Å². The fraction of sp³-hybridized carbons (Fsp3) is 0.500. The summed E-state index contributed by atoms with van der Waals surface area (Å²) in [6.07, 6.45) is 5.18. The van der Waals surface area contributed by atoms with Gasteiger partial charge in [0.05, 0.1) is 12.2 Å². The summed E-state index contributed by atoms with van der Waals surface area (Å²) in [4.78, 5) is 20.4. The fourth-order valence-corrected chi connectivity index (χ4v) is 3.49. The van der Waals surface area contributed by atoms with Crippen molar-refractivity contribution in [1.82, 2.24) is 9.97 Å². The van der Waals surface area contributed by atoms with E-state index in [2.05, 4.69) is 62.0 Å². The number of anilines is 2. The van der Waals surface area contributed by atoms with Crippen LogP contribution in [0.5, 0.6) is 0 Å². The molecular weight excluding hydrogens is 338 g/mol. The highest BCUT2D eigenvalue weighted by Gasteiger charge is 2.33. The number of carbonyl (C=O) groups excluding carboxylic acids is 1. The predicted molar refractivity (Wildman–Crippen MR) is 108 cm³/mol. The van der Waals surface area contributed by atoms with Crippen molar-refractivity contribution >= 4 is 17.6 Å². The molecule has 0 atom stereocenters. The number of esters is 1. The highest BCUT2D eigenvalue weighted by Crippen LogP contribution is 2.44. The maximum absolute atomic E-state index is 11.8. The number of fused-ring (bicyclic) bond motifs is 1. The molecule has 0 spiro atoms. The molecule has 3 rings (SSSR count). The van der Waals surface area contributed by atoms with Crippen LogP contribution in [0.15, 0.2) is 24.5 Å². The molecule has 1 aliphatic carbocycles. The predicted octanol–water partition coefficient (Wildman–Crippen LogP) is 4.92. The van der Waals surface area contributed by atoms with Gasteiger partial charge in [0.25, 0.3) is 0 Å². The van der Waals surface area contributed by atoms with E-state index >= 15 is 0 Å². The number of benzene rings is 1. The first-order chi connectivity index (χ1) is 12.6. The summed E-state index contributed by atoms with van der Waals surface area (Å²) in [7, 11) is 0. The third-order valence-corrected chi connectivity index (χ3v) is 5.25. The van der Waals surface area contributed by atoms with Crippen LogP contribution in [-0.4, -0.2) is 22.5 Å². The summed E-state index contributed by atoms with van der Waals surface area (Å²) >= 11 is 0. The molecule has 0 saturated heterocycles. The lowest BCUT2D eigenvalue weighted by atomic mass is 9.80. The lowest BCUT2D eigenvalue weighted by molar-refractivity contribution is 0.0525. The maximum Gasteiger partial charge on any atom is 0.341 e. The van der Waals surface area contributed by atoms with E-state index < -0.39 is 5.97 Å². The van der Waals surface area contributed by atoms with Crippen LogP contribution in [0.3, 0.4) is 0 Å². The Balaban J connectivity index is 1.95. The average molecular weight is 367 g/mol. The molecule has 144 valence electrons. The van der Waals surface area contributed by atoms with Gasteiger partial charge in [-0.15, -0.1) is 0 Å². The van der Waals surface area contributed by atoms with Crippen molar-refractivity contribution in [1.29, 1.82) is 0 Å². The molecule has 1 aromatic heterocycles. The standard InChI is InChI=1S/C22H29N3O2/c1-7-27-19(26)14-12-23-20(24-13-14)25-18-11-15(21(2,3)4)10-17-16(18)8-9-22(17,5)6/h10-13H,7-9H2,1-6H3,(H,23,24,25). The van der Waals surface area contributed by atoms with Gasteiger partial charge in [-0.1, -0.05) is 40.7 Å². The molecule has 1 N–H and O–H groups in total. The molecule has 0 unspecified atom stereocenters. The van der Waals surface area contributed by atoms with Gasteiger partial charge in [0.15, 0.2) is 0 Å². The van der Waals surface area contributed by atoms with Crippen LogP contribution >= 0.6 is 0 Å². The van der Waals surface area contributed by atoms with Gasteiger partial charge in [-0.05, 0) is 53.4 Å². The summed E-state index contributed by atoms with van der Waals surface area (Å²) in [6.45, 7) is 13.4. The highest BCUT2D eigenvalue weighted by molar-refractivity contribution is 5.88. The summed E-state index contributed by atoms with van der Waals surface area (Å²) in [5.74, 6) is 0.0856. The minimum absolute atomic E-state index is 0.0543. The Morgan fingerprint density at radius 2 is 1.89 bits per heavy atom. The van der Waals surface area contributed by atoms with Crippen molar-refractivity contribution in [2.24, 2.45) is 0 Å². The molecule has 27 heavy (non-hydrogen) atoms. The number of hydrogen-bond donors (Lipinski definition) is 1. The largest absolute Gasteiger partial charge is 0.462 e. The zero-order valence-corrected chi connectivity index (χ0v) is 17.1. The second-order valence-corrected chi connectivity index (χ2v) is 8.82. The zero-order valence-electron chi connectivity index (χ0n) is 17.1. The maximum atomic E-state index is 11.8. The molecule has 5 heteroatoms. The number of aromatic nitrogens is 2. The van der Waals surface area contributed by atoms with E-state index in [0.29, 0.717) is 18.1 Å². The molecule has 0 fully saturated rings. The zero-order chi connectivity index (χ0) is 19.8. The second-order valence-electron chi connectivity index (χ2n) is 8.82. The van der Waals surface area contributed by atoms with E-state index in [1.54, 1.807) is 6.92 Å².